The summed E-state index contributed by atoms with van der Waals surface area (Å²) in [7, 11) is -2.92. The van der Waals surface area contributed by atoms with Crippen molar-refractivity contribution in [3.05, 3.63) is 47.9 Å². The van der Waals surface area contributed by atoms with E-state index < -0.39 is 15.4 Å². The first kappa shape index (κ1) is 29.1. The van der Waals surface area contributed by atoms with Gasteiger partial charge in [-0.1, -0.05) is 24.3 Å². The minimum absolute atomic E-state index is 0.146. The number of piperidine rings is 1. The van der Waals surface area contributed by atoms with E-state index >= 15 is 0 Å². The number of hydrogen-bond donors (Lipinski definition) is 1. The van der Waals surface area contributed by atoms with E-state index in [9.17, 15) is 13.2 Å². The molecular weight excluding hydrogens is 550 g/mol. The van der Waals surface area contributed by atoms with Crippen LogP contribution in [0, 0.1) is 5.41 Å². The number of ether oxygens (including phenoxy) is 1. The van der Waals surface area contributed by atoms with Crippen molar-refractivity contribution in [2.75, 3.05) is 44.2 Å². The zero-order chi connectivity index (χ0) is 29.5. The van der Waals surface area contributed by atoms with E-state index in [0.29, 0.717) is 12.8 Å². The smallest absolute Gasteiger partial charge is 0.410 e. The Balaban J connectivity index is 1.02. The number of rotatable bonds is 5. The molecule has 1 aromatic carbocycles. The average Bonchev–Trinajstić information content (AvgIpc) is 3.57. The van der Waals surface area contributed by atoms with Gasteiger partial charge in [-0.05, 0) is 95.0 Å². The lowest BCUT2D eigenvalue weighted by molar-refractivity contribution is 0.0247. The van der Waals surface area contributed by atoms with Crippen LogP contribution in [0.2, 0.25) is 0 Å². The number of sulfone groups is 1. The van der Waals surface area contributed by atoms with Gasteiger partial charge in [0.15, 0.2) is 0 Å². The summed E-state index contributed by atoms with van der Waals surface area (Å²) < 4.78 is 29.4. The predicted molar refractivity (Wildman–Crippen MR) is 164 cm³/mol. The third kappa shape index (κ3) is 6.49. The summed E-state index contributed by atoms with van der Waals surface area (Å²) in [6.45, 7) is 10.6. The van der Waals surface area contributed by atoms with Crippen LogP contribution in [-0.4, -0.2) is 89.1 Å². The monoisotopic (exact) mass is 593 g/mol. The molecule has 6 rings (SSSR count). The molecule has 3 aliphatic heterocycles. The van der Waals surface area contributed by atoms with E-state index in [2.05, 4.69) is 50.2 Å². The fourth-order valence-electron chi connectivity index (χ4n) is 6.82. The van der Waals surface area contributed by atoms with E-state index in [-0.39, 0.29) is 28.9 Å². The molecular formula is C32H43N5O4S. The molecule has 3 aliphatic rings. The highest BCUT2D eigenvalue weighted by Gasteiger charge is 2.43. The van der Waals surface area contributed by atoms with Crippen molar-refractivity contribution in [2.45, 2.75) is 70.8 Å². The normalized spacial score (nSPS) is 21.3. The SMILES string of the molecule is CC(C)(C)OC(=O)N1CCC2(CCN(CCc3ccc(-c4cc5c(C6CCS(=O)(=O)CC6)ncnc5[nH]4)cc3)CC2)C1. The van der Waals surface area contributed by atoms with Crippen LogP contribution < -0.4 is 0 Å². The van der Waals surface area contributed by atoms with Gasteiger partial charge in [0.2, 0.25) is 0 Å². The van der Waals surface area contributed by atoms with Crippen molar-refractivity contribution in [2.24, 2.45) is 5.41 Å². The number of aromatic amines is 1. The molecule has 0 aliphatic carbocycles. The molecule has 9 nitrogen and oxygen atoms in total. The Morgan fingerprint density at radius 1 is 1.05 bits per heavy atom. The van der Waals surface area contributed by atoms with Crippen LogP contribution >= 0.6 is 0 Å². The van der Waals surface area contributed by atoms with Gasteiger partial charge in [-0.25, -0.2) is 23.2 Å². The van der Waals surface area contributed by atoms with Crippen molar-refractivity contribution in [3.8, 4) is 11.3 Å². The van der Waals surface area contributed by atoms with Crippen molar-refractivity contribution in [1.82, 2.24) is 24.8 Å². The van der Waals surface area contributed by atoms with Gasteiger partial charge >= 0.3 is 6.09 Å². The molecule has 3 fully saturated rings. The zero-order valence-corrected chi connectivity index (χ0v) is 25.9. The van der Waals surface area contributed by atoms with Gasteiger partial charge in [-0.2, -0.15) is 0 Å². The second-order valence-corrected chi connectivity index (χ2v) is 15.9. The molecule has 1 amide bonds. The van der Waals surface area contributed by atoms with Gasteiger partial charge < -0.3 is 19.5 Å². The maximum atomic E-state index is 12.5. The number of fused-ring (bicyclic) bond motifs is 1. The third-order valence-corrected chi connectivity index (χ3v) is 11.1. The summed E-state index contributed by atoms with van der Waals surface area (Å²) in [6.07, 6.45) is 6.98. The molecule has 226 valence electrons. The molecule has 0 bridgehead atoms. The van der Waals surface area contributed by atoms with Crippen molar-refractivity contribution < 1.29 is 17.9 Å². The van der Waals surface area contributed by atoms with Crippen LogP contribution in [0.4, 0.5) is 4.79 Å². The summed E-state index contributed by atoms with van der Waals surface area (Å²) in [5, 5.41) is 0.986. The number of aromatic nitrogens is 3. The minimum atomic E-state index is -2.92. The van der Waals surface area contributed by atoms with Gasteiger partial charge in [0, 0.05) is 36.6 Å². The molecule has 2 aromatic heterocycles. The zero-order valence-electron chi connectivity index (χ0n) is 25.1. The van der Waals surface area contributed by atoms with E-state index in [4.69, 9.17) is 4.74 Å². The summed E-state index contributed by atoms with van der Waals surface area (Å²) in [4.78, 5) is 29.5. The van der Waals surface area contributed by atoms with Gasteiger partial charge in [0.25, 0.3) is 0 Å². The second-order valence-electron chi connectivity index (χ2n) is 13.6. The predicted octanol–water partition coefficient (Wildman–Crippen LogP) is 5.18. The fourth-order valence-corrected chi connectivity index (χ4v) is 8.31. The Labute approximate surface area is 249 Å². The van der Waals surface area contributed by atoms with Gasteiger partial charge in [-0.15, -0.1) is 0 Å². The molecule has 0 unspecified atom stereocenters. The van der Waals surface area contributed by atoms with Crippen LogP contribution in [0.1, 0.15) is 70.1 Å². The molecule has 10 heteroatoms. The maximum Gasteiger partial charge on any atom is 0.410 e. The largest absolute Gasteiger partial charge is 0.444 e. The van der Waals surface area contributed by atoms with Crippen molar-refractivity contribution in [1.29, 1.82) is 0 Å². The topological polar surface area (TPSA) is 108 Å². The standard InChI is InChI=1S/C32H43N5O4S/c1-31(2,3)41-30(38)37-17-13-32(21-37)11-15-36(16-12-32)14-8-23-4-6-24(7-5-23)27-20-26-28(33-22-34-29(26)35-27)25-9-18-42(39,40)19-10-25/h4-7,20,22,25H,8-19,21H2,1-3H3,(H,33,34,35). The summed E-state index contributed by atoms with van der Waals surface area (Å²) in [5.74, 6) is 0.604. The van der Waals surface area contributed by atoms with Crippen LogP contribution in [0.3, 0.4) is 0 Å². The Kier molecular flexibility index (Phi) is 7.81. The summed E-state index contributed by atoms with van der Waals surface area (Å²) >= 11 is 0. The van der Waals surface area contributed by atoms with Gasteiger partial charge in [0.05, 0.1) is 17.2 Å². The number of H-pyrrole nitrogens is 1. The highest BCUT2D eigenvalue weighted by molar-refractivity contribution is 7.91. The lowest BCUT2D eigenvalue weighted by Crippen LogP contribution is -2.43. The van der Waals surface area contributed by atoms with Crippen LogP contribution in [0.25, 0.3) is 22.3 Å². The van der Waals surface area contributed by atoms with E-state index in [1.807, 2.05) is 25.7 Å². The quantitative estimate of drug-likeness (QED) is 0.434. The first-order chi connectivity index (χ1) is 20.0. The average molecular weight is 594 g/mol. The Hall–Kier alpha value is -2.98. The highest BCUT2D eigenvalue weighted by Crippen LogP contribution is 2.41. The number of nitrogens with one attached hydrogen (secondary N) is 1. The first-order valence-corrected chi connectivity index (χ1v) is 17.1. The lowest BCUT2D eigenvalue weighted by Gasteiger charge is -2.39. The Morgan fingerprint density at radius 3 is 2.43 bits per heavy atom. The van der Waals surface area contributed by atoms with Crippen molar-refractivity contribution in [3.63, 3.8) is 0 Å². The van der Waals surface area contributed by atoms with E-state index in [1.54, 1.807) is 6.33 Å². The summed E-state index contributed by atoms with van der Waals surface area (Å²) in [5.41, 5.74) is 4.96. The minimum Gasteiger partial charge on any atom is -0.444 e. The number of carbonyl (C=O) groups excluding carboxylic acids is 1. The van der Waals surface area contributed by atoms with Gasteiger partial charge in [-0.3, -0.25) is 0 Å². The highest BCUT2D eigenvalue weighted by atomic mass is 32.2. The molecule has 0 radical (unpaired) electrons. The van der Waals surface area contributed by atoms with Crippen LogP contribution in [-0.2, 0) is 21.0 Å². The Morgan fingerprint density at radius 2 is 1.74 bits per heavy atom. The molecule has 3 aromatic rings. The molecule has 42 heavy (non-hydrogen) atoms. The molecule has 1 spiro atoms. The maximum absolute atomic E-state index is 12.5. The molecule has 0 atom stereocenters. The molecule has 5 heterocycles. The van der Waals surface area contributed by atoms with E-state index in [1.165, 1.54) is 5.56 Å². The number of amides is 1. The number of nitrogens with zero attached hydrogens (tertiary/aromatic N) is 4. The summed E-state index contributed by atoms with van der Waals surface area (Å²) in [6, 6.07) is 10.9. The number of carbonyl (C=O) groups is 1. The lowest BCUT2D eigenvalue weighted by atomic mass is 9.78. The number of benzene rings is 1. The van der Waals surface area contributed by atoms with E-state index in [0.717, 1.165) is 86.4 Å². The van der Waals surface area contributed by atoms with Crippen LogP contribution in [0.15, 0.2) is 36.7 Å². The number of hydrogen-bond acceptors (Lipinski definition) is 7. The second kappa shape index (κ2) is 11.3. The molecule has 0 saturated carbocycles. The van der Waals surface area contributed by atoms with Gasteiger partial charge in [0.1, 0.15) is 27.4 Å². The first-order valence-electron chi connectivity index (χ1n) is 15.3. The Bertz CT molecular complexity index is 1520. The molecule has 3 saturated heterocycles. The molecule has 1 N–H and O–H groups in total. The number of likely N-dealkylation sites (tertiary alicyclic amines) is 2. The van der Waals surface area contributed by atoms with Crippen molar-refractivity contribution >= 4 is 27.0 Å². The fraction of sp³-hybridized carbons (Fsp3) is 0.594. The third-order valence-electron chi connectivity index (χ3n) is 9.39. The van der Waals surface area contributed by atoms with Crippen LogP contribution in [0.5, 0.6) is 0 Å².